The summed E-state index contributed by atoms with van der Waals surface area (Å²) in [5, 5.41) is 1.88. The molecule has 2 aromatic carbocycles. The Balaban J connectivity index is 1.77. The fraction of sp³-hybridized carbons (Fsp3) is 0.0556. The van der Waals surface area contributed by atoms with Gasteiger partial charge >= 0.3 is 5.97 Å². The van der Waals surface area contributed by atoms with Gasteiger partial charge in [-0.25, -0.2) is 4.79 Å². The van der Waals surface area contributed by atoms with Gasteiger partial charge in [0.25, 0.3) is 0 Å². The molecule has 0 amide bonds. The van der Waals surface area contributed by atoms with Gasteiger partial charge in [-0.2, -0.15) is 0 Å². The minimum Gasteiger partial charge on any atom is -0.448 e. The van der Waals surface area contributed by atoms with Crippen molar-refractivity contribution in [1.82, 2.24) is 0 Å². The molecule has 0 spiro atoms. The summed E-state index contributed by atoms with van der Waals surface area (Å²) in [7, 11) is 0. The van der Waals surface area contributed by atoms with E-state index in [0.717, 1.165) is 22.3 Å². The quantitative estimate of drug-likeness (QED) is 0.641. The fourth-order valence-corrected chi connectivity index (χ4v) is 3.40. The van der Waals surface area contributed by atoms with Crippen LogP contribution in [0.2, 0.25) is 0 Å². The Morgan fingerprint density at radius 2 is 1.48 bits per heavy atom. The normalized spacial score (nSPS) is 12.8. The van der Waals surface area contributed by atoms with E-state index in [4.69, 9.17) is 4.74 Å². The molecular weight excluding hydrogens is 280 g/mol. The lowest BCUT2D eigenvalue weighted by atomic mass is 10.1. The van der Waals surface area contributed by atoms with E-state index in [2.05, 4.69) is 12.1 Å². The second-order valence-corrected chi connectivity index (χ2v) is 5.88. The van der Waals surface area contributed by atoms with Crippen molar-refractivity contribution in [1.29, 1.82) is 0 Å². The smallest absolute Gasteiger partial charge is 0.349 e. The van der Waals surface area contributed by atoms with E-state index < -0.39 is 0 Å². The molecule has 3 heteroatoms. The third-order valence-corrected chi connectivity index (χ3v) is 4.57. The molecule has 21 heavy (non-hydrogen) atoms. The number of hydrogen-bond acceptors (Lipinski definition) is 3. The van der Waals surface area contributed by atoms with Gasteiger partial charge in [0.15, 0.2) is 6.10 Å². The van der Waals surface area contributed by atoms with Gasteiger partial charge in [0.1, 0.15) is 4.88 Å². The summed E-state index contributed by atoms with van der Waals surface area (Å²) in [5.74, 6) is -0.262. The van der Waals surface area contributed by atoms with Crippen LogP contribution >= 0.6 is 11.3 Å². The Bertz CT molecular complexity index is 760. The molecule has 1 aromatic heterocycles. The maximum atomic E-state index is 12.3. The van der Waals surface area contributed by atoms with Crippen molar-refractivity contribution in [3.8, 4) is 11.1 Å². The van der Waals surface area contributed by atoms with Crippen LogP contribution in [-0.4, -0.2) is 5.97 Å². The molecule has 0 saturated carbocycles. The van der Waals surface area contributed by atoms with E-state index >= 15 is 0 Å². The van der Waals surface area contributed by atoms with Crippen molar-refractivity contribution in [2.24, 2.45) is 0 Å². The Hall–Kier alpha value is -2.39. The maximum absolute atomic E-state index is 12.3. The van der Waals surface area contributed by atoms with E-state index in [1.54, 1.807) is 6.07 Å². The van der Waals surface area contributed by atoms with E-state index in [0.29, 0.717) is 4.88 Å². The van der Waals surface area contributed by atoms with E-state index in [1.165, 1.54) is 11.3 Å². The SMILES string of the molecule is O=C(OC1c2ccccc2-c2ccccc21)c1cccs1. The zero-order valence-electron chi connectivity index (χ0n) is 11.2. The molecule has 0 bridgehead atoms. The van der Waals surface area contributed by atoms with Gasteiger partial charge in [0.05, 0.1) is 0 Å². The number of fused-ring (bicyclic) bond motifs is 3. The number of benzene rings is 2. The van der Waals surface area contributed by atoms with Crippen molar-refractivity contribution in [3.05, 3.63) is 82.0 Å². The van der Waals surface area contributed by atoms with Crippen LogP contribution in [0.5, 0.6) is 0 Å². The zero-order valence-corrected chi connectivity index (χ0v) is 12.0. The number of ether oxygens (including phenoxy) is 1. The first-order valence-electron chi connectivity index (χ1n) is 6.77. The molecule has 0 N–H and O–H groups in total. The number of carbonyl (C=O) groups is 1. The predicted octanol–water partition coefficient (Wildman–Crippen LogP) is 4.67. The summed E-state index contributed by atoms with van der Waals surface area (Å²) in [5.41, 5.74) is 4.42. The monoisotopic (exact) mass is 292 g/mol. The minimum absolute atomic E-state index is 0.262. The molecule has 0 aliphatic heterocycles. The molecule has 4 rings (SSSR count). The second-order valence-electron chi connectivity index (χ2n) is 4.94. The lowest BCUT2D eigenvalue weighted by molar-refractivity contribution is 0.0391. The molecule has 0 atom stereocenters. The standard InChI is InChI=1S/C18H12O2S/c19-18(16-10-5-11-21-16)20-17-14-8-3-1-6-12(14)13-7-2-4-9-15(13)17/h1-11,17H. The Morgan fingerprint density at radius 1 is 0.857 bits per heavy atom. The van der Waals surface area contributed by atoms with Crippen LogP contribution in [0.25, 0.3) is 11.1 Å². The maximum Gasteiger partial charge on any atom is 0.349 e. The summed E-state index contributed by atoms with van der Waals surface area (Å²) >= 11 is 1.40. The van der Waals surface area contributed by atoms with E-state index in [9.17, 15) is 4.79 Å². The average Bonchev–Trinajstić information content (AvgIpc) is 3.15. The van der Waals surface area contributed by atoms with Gasteiger partial charge in [-0.1, -0.05) is 54.6 Å². The summed E-state index contributed by atoms with van der Waals surface area (Å²) in [4.78, 5) is 12.9. The molecule has 102 valence electrons. The first-order chi connectivity index (χ1) is 10.3. The highest BCUT2D eigenvalue weighted by atomic mass is 32.1. The first-order valence-corrected chi connectivity index (χ1v) is 7.65. The van der Waals surface area contributed by atoms with Crippen LogP contribution in [0.3, 0.4) is 0 Å². The van der Waals surface area contributed by atoms with Crippen LogP contribution in [0.1, 0.15) is 26.9 Å². The number of rotatable bonds is 2. The van der Waals surface area contributed by atoms with Crippen LogP contribution in [0, 0.1) is 0 Å². The molecule has 3 aromatic rings. The van der Waals surface area contributed by atoms with Crippen molar-refractivity contribution in [2.45, 2.75) is 6.10 Å². The van der Waals surface area contributed by atoms with Crippen molar-refractivity contribution < 1.29 is 9.53 Å². The highest BCUT2D eigenvalue weighted by Crippen LogP contribution is 2.45. The van der Waals surface area contributed by atoms with E-state index in [-0.39, 0.29) is 12.1 Å². The molecule has 2 nitrogen and oxygen atoms in total. The first kappa shape index (κ1) is 12.4. The molecule has 1 aliphatic rings. The zero-order chi connectivity index (χ0) is 14.2. The van der Waals surface area contributed by atoms with Crippen molar-refractivity contribution >= 4 is 17.3 Å². The Morgan fingerprint density at radius 3 is 2.05 bits per heavy atom. The summed E-state index contributed by atoms with van der Waals surface area (Å²) in [6, 6.07) is 19.9. The number of esters is 1. The van der Waals surface area contributed by atoms with Gasteiger partial charge in [0.2, 0.25) is 0 Å². The number of hydrogen-bond donors (Lipinski definition) is 0. The molecule has 0 fully saturated rings. The largest absolute Gasteiger partial charge is 0.448 e. The highest BCUT2D eigenvalue weighted by Gasteiger charge is 2.31. The van der Waals surface area contributed by atoms with Crippen molar-refractivity contribution in [2.75, 3.05) is 0 Å². The minimum atomic E-state index is -0.313. The van der Waals surface area contributed by atoms with Crippen LogP contribution in [0.15, 0.2) is 66.0 Å². The summed E-state index contributed by atoms with van der Waals surface area (Å²) < 4.78 is 5.78. The number of carbonyl (C=O) groups excluding carboxylic acids is 1. The highest BCUT2D eigenvalue weighted by molar-refractivity contribution is 7.11. The van der Waals surface area contributed by atoms with Crippen LogP contribution in [0.4, 0.5) is 0 Å². The van der Waals surface area contributed by atoms with E-state index in [1.807, 2.05) is 47.8 Å². The lowest BCUT2D eigenvalue weighted by Crippen LogP contribution is -2.09. The third-order valence-electron chi connectivity index (χ3n) is 3.72. The molecular formula is C18H12O2S. The second kappa shape index (κ2) is 4.86. The Labute approximate surface area is 126 Å². The predicted molar refractivity (Wildman–Crippen MR) is 83.5 cm³/mol. The fourth-order valence-electron chi connectivity index (χ4n) is 2.80. The molecule has 1 heterocycles. The average molecular weight is 292 g/mol. The summed E-state index contributed by atoms with van der Waals surface area (Å²) in [6.45, 7) is 0. The summed E-state index contributed by atoms with van der Waals surface area (Å²) in [6.07, 6.45) is -0.313. The molecule has 1 aliphatic carbocycles. The van der Waals surface area contributed by atoms with Crippen LogP contribution in [-0.2, 0) is 4.74 Å². The Kier molecular flexibility index (Phi) is 2.86. The van der Waals surface area contributed by atoms with Crippen LogP contribution < -0.4 is 0 Å². The van der Waals surface area contributed by atoms with Gasteiger partial charge < -0.3 is 4.74 Å². The molecule has 0 saturated heterocycles. The molecule has 0 radical (unpaired) electrons. The van der Waals surface area contributed by atoms with Gasteiger partial charge in [-0.05, 0) is 22.6 Å². The van der Waals surface area contributed by atoms with Gasteiger partial charge in [-0.3, -0.25) is 0 Å². The van der Waals surface area contributed by atoms with Crippen molar-refractivity contribution in [3.63, 3.8) is 0 Å². The lowest BCUT2D eigenvalue weighted by Gasteiger charge is -2.14. The number of thiophene rings is 1. The molecule has 0 unspecified atom stereocenters. The third kappa shape index (κ3) is 1.98. The van der Waals surface area contributed by atoms with Gasteiger partial charge in [-0.15, -0.1) is 11.3 Å². The van der Waals surface area contributed by atoms with Gasteiger partial charge in [0, 0.05) is 11.1 Å². The topological polar surface area (TPSA) is 26.3 Å².